The Labute approximate surface area is 248 Å². The summed E-state index contributed by atoms with van der Waals surface area (Å²) >= 11 is 0. The maximum absolute atomic E-state index is 5.02. The van der Waals surface area contributed by atoms with E-state index in [1.165, 1.54) is 5.56 Å². The number of H-pyrrole nitrogens is 2. The van der Waals surface area contributed by atoms with Crippen LogP contribution in [0.4, 0.5) is 0 Å². The Morgan fingerprint density at radius 1 is 0.976 bits per heavy atom. The van der Waals surface area contributed by atoms with Crippen LogP contribution in [0.1, 0.15) is 55.4 Å². The maximum atomic E-state index is 5.02. The number of imidazole rings is 1. The van der Waals surface area contributed by atoms with E-state index in [1.807, 2.05) is 76.4 Å². The number of nitrogens with one attached hydrogen (secondary N) is 2. The summed E-state index contributed by atoms with van der Waals surface area (Å²) in [5, 5.41) is 7.69. The van der Waals surface area contributed by atoms with Gasteiger partial charge in [0.25, 0.3) is 0 Å². The Hall–Kier alpha value is -5.10. The largest absolute Gasteiger partial charge is 0.340 e. The highest BCUT2D eigenvalue weighted by molar-refractivity contribution is 5.90. The minimum atomic E-state index is 0.648. The molecule has 0 amide bonds. The molecule has 5 aromatic rings. The molecule has 0 saturated carbocycles. The molecule has 0 aliphatic heterocycles. The molecule has 0 bridgehead atoms. The molecular weight excluding hydrogens is 516 g/mol. The van der Waals surface area contributed by atoms with Crippen LogP contribution in [0, 0.1) is 6.92 Å². The van der Waals surface area contributed by atoms with Crippen molar-refractivity contribution in [2.24, 2.45) is 0 Å². The van der Waals surface area contributed by atoms with E-state index >= 15 is 0 Å². The van der Waals surface area contributed by atoms with E-state index in [2.05, 4.69) is 69.7 Å². The molecule has 0 fully saturated rings. The fraction of sp³-hybridized carbons (Fsp3) is 0.167. The third-order valence-corrected chi connectivity index (χ3v) is 6.78. The van der Waals surface area contributed by atoms with E-state index in [0.717, 1.165) is 63.2 Å². The molecule has 2 N–H and O–H groups in total. The fourth-order valence-electron chi connectivity index (χ4n) is 4.68. The van der Waals surface area contributed by atoms with E-state index in [1.54, 1.807) is 12.3 Å². The first kappa shape index (κ1) is 29.9. The highest BCUT2D eigenvalue weighted by Crippen LogP contribution is 2.30. The molecule has 0 aliphatic carbocycles. The van der Waals surface area contributed by atoms with Gasteiger partial charge in [0.05, 0.1) is 16.9 Å². The lowest BCUT2D eigenvalue weighted by molar-refractivity contribution is 0.966. The first-order valence-corrected chi connectivity index (χ1v) is 14.3. The third kappa shape index (κ3) is 6.78. The highest BCUT2D eigenvalue weighted by atomic mass is 15.2. The van der Waals surface area contributed by atoms with Crippen molar-refractivity contribution in [1.29, 1.82) is 0 Å². The molecule has 0 saturated heterocycles. The number of aromatic nitrogens is 6. The first-order chi connectivity index (χ1) is 20.6. The monoisotopic (exact) mass is 554 g/mol. The Morgan fingerprint density at radius 3 is 2.48 bits per heavy atom. The highest BCUT2D eigenvalue weighted by Gasteiger charge is 2.19. The molecule has 0 spiro atoms. The van der Waals surface area contributed by atoms with Crippen molar-refractivity contribution in [3.05, 3.63) is 144 Å². The van der Waals surface area contributed by atoms with Crippen LogP contribution in [0.2, 0.25) is 0 Å². The summed E-state index contributed by atoms with van der Waals surface area (Å²) in [5.41, 5.74) is 10.3. The third-order valence-electron chi connectivity index (χ3n) is 6.78. The lowest BCUT2D eigenvalue weighted by Gasteiger charge is -2.07. The second-order valence-electron chi connectivity index (χ2n) is 9.43. The first-order valence-electron chi connectivity index (χ1n) is 14.3. The summed E-state index contributed by atoms with van der Waals surface area (Å²) in [6.45, 7) is 16.0. The summed E-state index contributed by atoms with van der Waals surface area (Å²) in [6.07, 6.45) is 15.3. The number of aromatic amines is 2. The van der Waals surface area contributed by atoms with Crippen LogP contribution in [-0.2, 0) is 6.42 Å². The van der Waals surface area contributed by atoms with Crippen LogP contribution in [0.15, 0.2) is 116 Å². The Kier molecular flexibility index (Phi) is 10.3. The van der Waals surface area contributed by atoms with Crippen LogP contribution < -0.4 is 0 Å². The van der Waals surface area contributed by atoms with E-state index in [9.17, 15) is 0 Å². The predicted octanol–water partition coefficient (Wildman–Crippen LogP) is 8.84. The summed E-state index contributed by atoms with van der Waals surface area (Å²) in [7, 11) is 0. The van der Waals surface area contributed by atoms with Crippen LogP contribution in [0.5, 0.6) is 0 Å². The van der Waals surface area contributed by atoms with Gasteiger partial charge in [-0.1, -0.05) is 87.7 Å². The Bertz CT molecular complexity index is 1730. The molecule has 42 heavy (non-hydrogen) atoms. The molecule has 4 aromatic heterocycles. The number of allylic oxidation sites excluding steroid dienone is 7. The molecule has 6 nitrogen and oxygen atoms in total. The van der Waals surface area contributed by atoms with Crippen molar-refractivity contribution in [2.45, 2.75) is 40.5 Å². The van der Waals surface area contributed by atoms with Gasteiger partial charge in [0.15, 0.2) is 11.5 Å². The molecule has 4 heterocycles. The molecule has 5 rings (SSSR count). The number of benzene rings is 1. The van der Waals surface area contributed by atoms with Gasteiger partial charge < -0.3 is 4.98 Å². The maximum Gasteiger partial charge on any atom is 0.161 e. The van der Waals surface area contributed by atoms with E-state index < -0.39 is 0 Å². The van der Waals surface area contributed by atoms with Gasteiger partial charge in [-0.2, -0.15) is 5.10 Å². The molecule has 0 radical (unpaired) electrons. The Morgan fingerprint density at radius 2 is 1.79 bits per heavy atom. The summed E-state index contributed by atoms with van der Waals surface area (Å²) in [6, 6.07) is 18.4. The average Bonchev–Trinajstić information content (AvgIpc) is 3.64. The zero-order valence-corrected chi connectivity index (χ0v) is 24.9. The van der Waals surface area contributed by atoms with Crippen LogP contribution >= 0.6 is 0 Å². The number of hydrogen-bond acceptors (Lipinski definition) is 4. The minimum Gasteiger partial charge on any atom is -0.340 e. The predicted molar refractivity (Wildman–Crippen MR) is 176 cm³/mol. The van der Waals surface area contributed by atoms with Gasteiger partial charge in [-0.05, 0) is 67.7 Å². The minimum absolute atomic E-state index is 0.648. The molecule has 212 valence electrons. The quantitative estimate of drug-likeness (QED) is 0.169. The zero-order chi connectivity index (χ0) is 29.9. The van der Waals surface area contributed by atoms with Crippen molar-refractivity contribution >= 4 is 22.2 Å². The van der Waals surface area contributed by atoms with Gasteiger partial charge in [-0.15, -0.1) is 0 Å². The molecular formula is C36H38N6. The molecule has 0 unspecified atom stereocenters. The Balaban J connectivity index is 0.00000198. The molecule has 0 aliphatic rings. The lowest BCUT2D eigenvalue weighted by atomic mass is 10.0. The molecule has 0 atom stereocenters. The topological polar surface area (TPSA) is 83.1 Å². The van der Waals surface area contributed by atoms with Gasteiger partial charge >= 0.3 is 0 Å². The van der Waals surface area contributed by atoms with Crippen LogP contribution in [0.3, 0.4) is 0 Å². The van der Waals surface area contributed by atoms with Gasteiger partial charge in [-0.3, -0.25) is 10.1 Å². The second kappa shape index (κ2) is 14.5. The summed E-state index contributed by atoms with van der Waals surface area (Å²) in [5.74, 6) is 0.648. The van der Waals surface area contributed by atoms with Crippen LogP contribution in [-0.4, -0.2) is 30.1 Å². The molecule has 6 heteroatoms. The average molecular weight is 555 g/mol. The SMILES string of the molecule is C=C/C=C(/c1cccnc1)c1nc(-c2n[nH]c3ccc(C(/C=C(\C=C)CCc4ccccc4)=C/C)nc23)[nH]c1C.CC. The number of fused-ring (bicyclic) bond motifs is 1. The normalized spacial score (nSPS) is 12.1. The smallest absolute Gasteiger partial charge is 0.161 e. The van der Waals surface area contributed by atoms with Crippen molar-refractivity contribution < 1.29 is 0 Å². The molecule has 1 aromatic carbocycles. The van der Waals surface area contributed by atoms with Gasteiger partial charge in [0.2, 0.25) is 0 Å². The van der Waals surface area contributed by atoms with Gasteiger partial charge in [0, 0.05) is 29.2 Å². The summed E-state index contributed by atoms with van der Waals surface area (Å²) in [4.78, 5) is 17.7. The van der Waals surface area contributed by atoms with Crippen molar-refractivity contribution in [2.75, 3.05) is 0 Å². The number of pyridine rings is 2. The standard InChI is InChI=1S/C34H32N6.C2H6/c1-5-12-28(27-15-11-20-35-22-27)31-23(4)36-34(38-31)33-32-30(39-40-33)19-18-29(37-32)26(7-3)21-24(6-2)16-17-25-13-9-8-10-14-25;1-2/h5-15,18-22H,1-2,16-17H2,3-4H3,(H,36,38)(H,39,40);1-2H3/b24-21+,26-7+,28-12-;. The van der Waals surface area contributed by atoms with Gasteiger partial charge in [0.1, 0.15) is 5.52 Å². The fourth-order valence-corrected chi connectivity index (χ4v) is 4.68. The summed E-state index contributed by atoms with van der Waals surface area (Å²) < 4.78 is 0. The number of aryl methyl sites for hydroxylation is 2. The van der Waals surface area contributed by atoms with Gasteiger partial charge in [-0.25, -0.2) is 9.97 Å². The van der Waals surface area contributed by atoms with Crippen LogP contribution in [0.25, 0.3) is 33.7 Å². The number of nitrogens with zero attached hydrogens (tertiary/aromatic N) is 4. The second-order valence-corrected chi connectivity index (χ2v) is 9.43. The van der Waals surface area contributed by atoms with E-state index in [4.69, 9.17) is 9.97 Å². The van der Waals surface area contributed by atoms with Crippen molar-refractivity contribution in [3.8, 4) is 11.5 Å². The van der Waals surface area contributed by atoms with E-state index in [-0.39, 0.29) is 0 Å². The van der Waals surface area contributed by atoms with E-state index in [0.29, 0.717) is 11.5 Å². The number of hydrogen-bond donors (Lipinski definition) is 2. The lowest BCUT2D eigenvalue weighted by Crippen LogP contribution is -1.93. The number of rotatable bonds is 10. The van der Waals surface area contributed by atoms with Crippen molar-refractivity contribution in [3.63, 3.8) is 0 Å². The zero-order valence-electron chi connectivity index (χ0n) is 24.9. The van der Waals surface area contributed by atoms with Crippen molar-refractivity contribution in [1.82, 2.24) is 30.1 Å².